The lowest BCUT2D eigenvalue weighted by atomic mass is 10.2. The van der Waals surface area contributed by atoms with Gasteiger partial charge in [0.05, 0.1) is 18.8 Å². The molecule has 0 aliphatic carbocycles. The van der Waals surface area contributed by atoms with E-state index in [0.717, 1.165) is 27.7 Å². The fraction of sp³-hybridized carbons (Fsp3) is 0.429. The highest BCUT2D eigenvalue weighted by Gasteiger charge is 2.17. The van der Waals surface area contributed by atoms with E-state index in [0.29, 0.717) is 0 Å². The monoisotopic (exact) mass is 309 g/mol. The van der Waals surface area contributed by atoms with Crippen molar-refractivity contribution in [2.24, 2.45) is 0 Å². The van der Waals surface area contributed by atoms with Crippen molar-refractivity contribution in [3.05, 3.63) is 39.9 Å². The molecule has 0 bridgehead atoms. The van der Waals surface area contributed by atoms with Crippen molar-refractivity contribution in [2.75, 3.05) is 13.1 Å². The van der Waals surface area contributed by atoms with Crippen molar-refractivity contribution >= 4 is 23.8 Å². The first-order valence-electron chi connectivity index (χ1n) is 6.90. The molecule has 1 saturated heterocycles. The summed E-state index contributed by atoms with van der Waals surface area (Å²) >= 11 is 11.7. The van der Waals surface area contributed by atoms with Gasteiger partial charge in [0.2, 0.25) is 4.77 Å². The molecule has 0 saturated carbocycles. The predicted molar refractivity (Wildman–Crippen MR) is 82.1 cm³/mol. The van der Waals surface area contributed by atoms with Crippen molar-refractivity contribution in [1.29, 1.82) is 0 Å². The molecule has 1 aliphatic rings. The highest BCUT2D eigenvalue weighted by atomic mass is 35.5. The van der Waals surface area contributed by atoms with Crippen LogP contribution in [0.1, 0.15) is 18.4 Å². The minimum Gasteiger partial charge on any atom is -0.316 e. The molecule has 3 rings (SSSR count). The van der Waals surface area contributed by atoms with Crippen LogP contribution >= 0.6 is 23.8 Å². The lowest BCUT2D eigenvalue weighted by molar-refractivity contribution is -0.911. The van der Waals surface area contributed by atoms with Gasteiger partial charge in [-0.2, -0.15) is 9.78 Å². The zero-order chi connectivity index (χ0) is 14.1. The molecule has 106 valence electrons. The minimum absolute atomic E-state index is 0.726. The lowest BCUT2D eigenvalue weighted by Crippen LogP contribution is -3.09. The van der Waals surface area contributed by atoms with Crippen LogP contribution in [-0.4, -0.2) is 27.4 Å². The van der Waals surface area contributed by atoms with E-state index in [1.54, 1.807) is 11.2 Å². The molecule has 0 atom stereocenters. The molecular weight excluding hydrogens is 292 g/mol. The van der Waals surface area contributed by atoms with Crippen molar-refractivity contribution in [3.8, 4) is 5.69 Å². The Morgan fingerprint density at radius 2 is 2.10 bits per heavy atom. The minimum atomic E-state index is 0.726. The molecular formula is C14H18ClN4S+. The maximum atomic E-state index is 6.18. The highest BCUT2D eigenvalue weighted by Crippen LogP contribution is 2.19. The molecule has 2 heterocycles. The van der Waals surface area contributed by atoms with Gasteiger partial charge in [-0.25, -0.2) is 0 Å². The van der Waals surface area contributed by atoms with Crippen LogP contribution in [0.2, 0.25) is 5.02 Å². The van der Waals surface area contributed by atoms with Gasteiger partial charge in [-0.05, 0) is 36.8 Å². The number of nitrogens with zero attached hydrogens (tertiary/aromatic N) is 3. The molecule has 4 nitrogen and oxygen atoms in total. The van der Waals surface area contributed by atoms with Gasteiger partial charge in [0.1, 0.15) is 6.33 Å². The molecule has 0 unspecified atom stereocenters. The summed E-state index contributed by atoms with van der Waals surface area (Å²) < 4.78 is 4.55. The van der Waals surface area contributed by atoms with Crippen LogP contribution in [0.3, 0.4) is 0 Å². The van der Waals surface area contributed by atoms with E-state index >= 15 is 0 Å². The topological polar surface area (TPSA) is 27.2 Å². The van der Waals surface area contributed by atoms with E-state index in [9.17, 15) is 0 Å². The number of hydrogen-bond donors (Lipinski definition) is 1. The number of rotatable bonds is 3. The second-order valence-electron chi connectivity index (χ2n) is 5.33. The second kappa shape index (κ2) is 5.68. The first-order valence-corrected chi connectivity index (χ1v) is 7.68. The number of nitrogens with one attached hydrogen (secondary N) is 1. The van der Waals surface area contributed by atoms with Crippen LogP contribution in [0.25, 0.3) is 5.69 Å². The van der Waals surface area contributed by atoms with Gasteiger partial charge in [-0.3, -0.25) is 4.57 Å². The number of benzene rings is 1. The first-order chi connectivity index (χ1) is 9.65. The van der Waals surface area contributed by atoms with Gasteiger partial charge in [0, 0.05) is 17.9 Å². The zero-order valence-corrected chi connectivity index (χ0v) is 13.0. The molecule has 0 radical (unpaired) electrons. The van der Waals surface area contributed by atoms with Crippen molar-refractivity contribution in [2.45, 2.75) is 26.4 Å². The van der Waals surface area contributed by atoms with Crippen LogP contribution in [0, 0.1) is 11.7 Å². The fourth-order valence-corrected chi connectivity index (χ4v) is 3.04. The Labute approximate surface area is 128 Å². The fourth-order valence-electron chi connectivity index (χ4n) is 2.60. The number of hydrogen-bond acceptors (Lipinski definition) is 2. The average Bonchev–Trinajstić information content (AvgIpc) is 3.05. The molecule has 1 aliphatic heterocycles. The summed E-state index contributed by atoms with van der Waals surface area (Å²) in [5.74, 6) is 0. The molecule has 1 fully saturated rings. The molecule has 1 aromatic carbocycles. The molecule has 1 N–H and O–H groups in total. The number of aryl methyl sites for hydroxylation is 1. The van der Waals surface area contributed by atoms with E-state index in [1.165, 1.54) is 25.9 Å². The van der Waals surface area contributed by atoms with Crippen LogP contribution in [0.5, 0.6) is 0 Å². The number of likely N-dealkylation sites (tertiary alicyclic amines) is 1. The SMILES string of the molecule is Cc1ccc(-n2cnn(C[NH+]3CCCC3)c2=S)cc1Cl. The first kappa shape index (κ1) is 13.8. The van der Waals surface area contributed by atoms with Crippen LogP contribution in [-0.2, 0) is 6.67 Å². The standard InChI is InChI=1S/C14H17ClN4S/c1-11-4-5-12(8-13(11)15)18-9-16-19(14(18)20)10-17-6-2-3-7-17/h4-5,8-9H,2-3,6-7,10H2,1H3/p+1. The quantitative estimate of drug-likeness (QED) is 0.878. The average molecular weight is 310 g/mol. The zero-order valence-electron chi connectivity index (χ0n) is 11.5. The lowest BCUT2D eigenvalue weighted by Gasteiger charge is -2.11. The molecule has 0 amide bonds. The van der Waals surface area contributed by atoms with Crippen molar-refractivity contribution in [3.63, 3.8) is 0 Å². The van der Waals surface area contributed by atoms with E-state index in [2.05, 4.69) is 5.10 Å². The normalized spacial score (nSPS) is 15.9. The Morgan fingerprint density at radius 3 is 2.80 bits per heavy atom. The second-order valence-corrected chi connectivity index (χ2v) is 6.10. The van der Waals surface area contributed by atoms with Crippen molar-refractivity contribution in [1.82, 2.24) is 14.3 Å². The van der Waals surface area contributed by atoms with Crippen LogP contribution in [0.4, 0.5) is 0 Å². The van der Waals surface area contributed by atoms with E-state index < -0.39 is 0 Å². The summed E-state index contributed by atoms with van der Waals surface area (Å²) in [6.45, 7) is 5.27. The Hall–Kier alpha value is -1.17. The molecule has 0 spiro atoms. The maximum Gasteiger partial charge on any atom is 0.207 e. The summed E-state index contributed by atoms with van der Waals surface area (Å²) in [6.07, 6.45) is 4.38. The third-order valence-electron chi connectivity index (χ3n) is 3.85. The smallest absolute Gasteiger partial charge is 0.207 e. The predicted octanol–water partition coefficient (Wildman–Crippen LogP) is 2.00. The third-order valence-corrected chi connectivity index (χ3v) is 4.67. The summed E-state index contributed by atoms with van der Waals surface area (Å²) in [6, 6.07) is 5.95. The van der Waals surface area contributed by atoms with Gasteiger partial charge in [0.15, 0.2) is 6.67 Å². The highest BCUT2D eigenvalue weighted by molar-refractivity contribution is 7.71. The number of quaternary nitrogens is 1. The third kappa shape index (κ3) is 2.66. The summed E-state index contributed by atoms with van der Waals surface area (Å²) in [5.41, 5.74) is 2.03. The van der Waals surface area contributed by atoms with Gasteiger partial charge < -0.3 is 4.90 Å². The Morgan fingerprint density at radius 1 is 1.35 bits per heavy atom. The molecule has 1 aromatic heterocycles. The van der Waals surface area contributed by atoms with E-state index in [4.69, 9.17) is 23.8 Å². The Kier molecular flexibility index (Phi) is 3.92. The largest absolute Gasteiger partial charge is 0.316 e. The summed E-state index contributed by atoms with van der Waals surface area (Å²) in [4.78, 5) is 1.55. The Bertz CT molecular complexity index is 670. The van der Waals surface area contributed by atoms with Crippen molar-refractivity contribution < 1.29 is 4.90 Å². The summed E-state index contributed by atoms with van der Waals surface area (Å²) in [5, 5.41) is 5.17. The maximum absolute atomic E-state index is 6.18. The molecule has 6 heteroatoms. The van der Waals surface area contributed by atoms with Crippen LogP contribution < -0.4 is 4.90 Å². The van der Waals surface area contributed by atoms with E-state index in [-0.39, 0.29) is 0 Å². The molecule has 2 aromatic rings. The number of aromatic nitrogens is 3. The number of halogens is 1. The van der Waals surface area contributed by atoms with Gasteiger partial charge in [0.25, 0.3) is 0 Å². The summed E-state index contributed by atoms with van der Waals surface area (Å²) in [7, 11) is 0. The van der Waals surface area contributed by atoms with Gasteiger partial charge in [-0.15, -0.1) is 0 Å². The van der Waals surface area contributed by atoms with Gasteiger partial charge in [-0.1, -0.05) is 17.7 Å². The van der Waals surface area contributed by atoms with Gasteiger partial charge >= 0.3 is 0 Å². The Balaban J connectivity index is 1.89. The van der Waals surface area contributed by atoms with Crippen LogP contribution in [0.15, 0.2) is 24.5 Å². The van der Waals surface area contributed by atoms with E-state index in [1.807, 2.05) is 34.4 Å². The molecule has 20 heavy (non-hydrogen) atoms.